The minimum absolute atomic E-state index is 0.113. The lowest BCUT2D eigenvalue weighted by atomic mass is 9.93. The van der Waals surface area contributed by atoms with Gasteiger partial charge in [0.15, 0.2) is 11.6 Å². The van der Waals surface area contributed by atoms with Crippen LogP contribution in [0.15, 0.2) is 63.8 Å². The van der Waals surface area contributed by atoms with Gasteiger partial charge in [0.1, 0.15) is 22.7 Å². The first-order chi connectivity index (χ1) is 15.9. The summed E-state index contributed by atoms with van der Waals surface area (Å²) in [6.45, 7) is -0.672. The van der Waals surface area contributed by atoms with Crippen LogP contribution in [0.4, 0.5) is 4.39 Å². The molecule has 0 fully saturated rings. The minimum Gasteiger partial charge on any atom is -0.494 e. The Hall–Kier alpha value is -3.46. The monoisotopic (exact) mass is 453 g/mol. The summed E-state index contributed by atoms with van der Waals surface area (Å²) in [7, 11) is 1.38. The third-order valence-electron chi connectivity index (χ3n) is 5.61. The number of aliphatic hydroxyl groups excluding tert-OH is 2. The van der Waals surface area contributed by atoms with E-state index in [-0.39, 0.29) is 30.1 Å². The second-order valence-corrected chi connectivity index (χ2v) is 8.00. The number of methoxy groups -OCH3 is 1. The van der Waals surface area contributed by atoms with Crippen molar-refractivity contribution in [3.8, 4) is 17.2 Å². The molecule has 0 radical (unpaired) electrons. The molecule has 0 amide bonds. The molecular weight excluding hydrogens is 429 g/mol. The number of hydrogen-bond donors (Lipinski definition) is 3. The van der Waals surface area contributed by atoms with Crippen LogP contribution in [0, 0.1) is 5.82 Å². The van der Waals surface area contributed by atoms with Crippen LogP contribution in [0.3, 0.4) is 0 Å². The number of nitrogens with two attached hydrogens (primary N) is 1. The SMILES string of the molecule is COc1ccc(Oc2ccc3c(=O)c4cc(CCC(N)(CO)CO)ccc4oc3c2)cc1F. The van der Waals surface area contributed by atoms with Crippen molar-refractivity contribution in [3.63, 3.8) is 0 Å². The summed E-state index contributed by atoms with van der Waals surface area (Å²) in [5.74, 6) is 0.234. The highest BCUT2D eigenvalue weighted by Crippen LogP contribution is 2.29. The van der Waals surface area contributed by atoms with Gasteiger partial charge in [-0.3, -0.25) is 4.79 Å². The van der Waals surface area contributed by atoms with Gasteiger partial charge in [0.2, 0.25) is 5.43 Å². The second-order valence-electron chi connectivity index (χ2n) is 8.00. The zero-order valence-electron chi connectivity index (χ0n) is 18.0. The number of aryl methyl sites for hydroxylation is 1. The summed E-state index contributed by atoms with van der Waals surface area (Å²) in [4.78, 5) is 13.1. The quantitative estimate of drug-likeness (QED) is 0.350. The molecule has 4 aromatic rings. The van der Waals surface area contributed by atoms with Gasteiger partial charge in [-0.1, -0.05) is 6.07 Å². The molecule has 3 aromatic carbocycles. The third kappa shape index (κ3) is 4.68. The molecule has 172 valence electrons. The van der Waals surface area contributed by atoms with Crippen molar-refractivity contribution in [2.75, 3.05) is 20.3 Å². The number of halogens is 1. The van der Waals surface area contributed by atoms with Crippen molar-refractivity contribution >= 4 is 21.9 Å². The first-order valence-electron chi connectivity index (χ1n) is 10.4. The molecule has 0 aliphatic carbocycles. The fourth-order valence-corrected chi connectivity index (χ4v) is 3.55. The van der Waals surface area contributed by atoms with Crippen LogP contribution < -0.4 is 20.6 Å². The molecular formula is C25H24FNO6. The predicted molar refractivity (Wildman–Crippen MR) is 122 cm³/mol. The average Bonchev–Trinajstić information content (AvgIpc) is 2.83. The average molecular weight is 453 g/mol. The molecule has 0 spiro atoms. The van der Waals surface area contributed by atoms with Crippen LogP contribution in [0.25, 0.3) is 21.9 Å². The van der Waals surface area contributed by atoms with E-state index < -0.39 is 11.4 Å². The van der Waals surface area contributed by atoms with Crippen LogP contribution in [-0.4, -0.2) is 36.1 Å². The van der Waals surface area contributed by atoms with Gasteiger partial charge in [-0.2, -0.15) is 0 Å². The zero-order valence-corrected chi connectivity index (χ0v) is 18.0. The van der Waals surface area contributed by atoms with Crippen LogP contribution in [-0.2, 0) is 6.42 Å². The maximum atomic E-state index is 13.9. The van der Waals surface area contributed by atoms with E-state index in [9.17, 15) is 19.4 Å². The molecule has 7 nitrogen and oxygen atoms in total. The molecule has 0 aliphatic rings. The summed E-state index contributed by atoms with van der Waals surface area (Å²) >= 11 is 0. The molecule has 8 heteroatoms. The fourth-order valence-electron chi connectivity index (χ4n) is 3.55. The fraction of sp³-hybridized carbons (Fsp3) is 0.240. The van der Waals surface area contributed by atoms with Gasteiger partial charge in [-0.25, -0.2) is 4.39 Å². The maximum absolute atomic E-state index is 13.9. The van der Waals surface area contributed by atoms with Crippen LogP contribution >= 0.6 is 0 Å². The van der Waals surface area contributed by atoms with E-state index in [2.05, 4.69) is 0 Å². The lowest BCUT2D eigenvalue weighted by molar-refractivity contribution is 0.115. The summed E-state index contributed by atoms with van der Waals surface area (Å²) in [6.07, 6.45) is 0.841. The molecule has 0 aliphatic heterocycles. The molecule has 0 saturated carbocycles. The molecule has 1 heterocycles. The van der Waals surface area contributed by atoms with Crippen molar-refractivity contribution in [1.29, 1.82) is 0 Å². The van der Waals surface area contributed by atoms with Gasteiger partial charge < -0.3 is 29.8 Å². The van der Waals surface area contributed by atoms with Crippen molar-refractivity contribution in [1.82, 2.24) is 0 Å². The number of rotatable bonds is 8. The van der Waals surface area contributed by atoms with Crippen molar-refractivity contribution in [2.24, 2.45) is 5.73 Å². The largest absolute Gasteiger partial charge is 0.494 e. The lowest BCUT2D eigenvalue weighted by Gasteiger charge is -2.24. The van der Waals surface area contributed by atoms with Crippen molar-refractivity contribution < 1.29 is 28.5 Å². The highest BCUT2D eigenvalue weighted by Gasteiger charge is 2.22. The molecule has 0 atom stereocenters. The highest BCUT2D eigenvalue weighted by molar-refractivity contribution is 5.90. The van der Waals surface area contributed by atoms with Gasteiger partial charge in [-0.15, -0.1) is 0 Å². The predicted octanol–water partition coefficient (Wildman–Crippen LogP) is 3.50. The normalized spacial score (nSPS) is 11.8. The van der Waals surface area contributed by atoms with Gasteiger partial charge in [0, 0.05) is 12.1 Å². The summed E-state index contributed by atoms with van der Waals surface area (Å²) in [5, 5.41) is 19.5. The summed E-state index contributed by atoms with van der Waals surface area (Å²) in [6, 6.07) is 14.3. The minimum atomic E-state index is -1.08. The Balaban J connectivity index is 1.64. The lowest BCUT2D eigenvalue weighted by Crippen LogP contribution is -2.47. The first kappa shape index (κ1) is 22.7. The van der Waals surface area contributed by atoms with E-state index in [1.807, 2.05) is 6.07 Å². The Morgan fingerprint density at radius 3 is 2.39 bits per heavy atom. The van der Waals surface area contributed by atoms with E-state index in [1.165, 1.54) is 19.2 Å². The summed E-state index contributed by atoms with van der Waals surface area (Å²) in [5.41, 5.74) is 6.25. The summed E-state index contributed by atoms with van der Waals surface area (Å²) < 4.78 is 30.5. The number of hydrogen-bond acceptors (Lipinski definition) is 7. The Kier molecular flexibility index (Phi) is 6.33. The Morgan fingerprint density at radius 2 is 1.70 bits per heavy atom. The van der Waals surface area contributed by atoms with Crippen molar-refractivity contribution in [2.45, 2.75) is 18.4 Å². The van der Waals surface area contributed by atoms with E-state index in [0.717, 1.165) is 5.56 Å². The standard InChI is InChI=1S/C25H24FNO6/c1-31-22-7-4-16(11-20(22)26)32-17-3-5-18-23(12-17)33-21-6-2-15(10-19(21)24(18)30)8-9-25(27,13-28)14-29/h2-7,10-12,28-29H,8-9,13-14,27H2,1H3. The smallest absolute Gasteiger partial charge is 0.200 e. The highest BCUT2D eigenvalue weighted by atomic mass is 19.1. The number of benzene rings is 3. The molecule has 33 heavy (non-hydrogen) atoms. The first-order valence-corrected chi connectivity index (χ1v) is 10.4. The molecule has 4 rings (SSSR count). The Bertz CT molecular complexity index is 1360. The topological polar surface area (TPSA) is 115 Å². The van der Waals surface area contributed by atoms with E-state index >= 15 is 0 Å². The number of aliphatic hydroxyl groups is 2. The Morgan fingerprint density at radius 1 is 0.970 bits per heavy atom. The van der Waals surface area contributed by atoms with Gasteiger partial charge in [0.25, 0.3) is 0 Å². The molecule has 4 N–H and O–H groups in total. The number of ether oxygens (including phenoxy) is 2. The second kappa shape index (κ2) is 9.19. The Labute approximate surface area is 188 Å². The van der Waals surface area contributed by atoms with Gasteiger partial charge in [0.05, 0.1) is 36.6 Å². The molecule has 0 bridgehead atoms. The number of fused-ring (bicyclic) bond motifs is 2. The van der Waals surface area contributed by atoms with Crippen molar-refractivity contribution in [3.05, 3.63) is 76.2 Å². The van der Waals surface area contributed by atoms with E-state index in [0.29, 0.717) is 40.5 Å². The van der Waals surface area contributed by atoms with Gasteiger partial charge >= 0.3 is 0 Å². The molecule has 1 aromatic heterocycles. The zero-order chi connectivity index (χ0) is 23.6. The van der Waals surface area contributed by atoms with E-state index in [4.69, 9.17) is 19.6 Å². The van der Waals surface area contributed by atoms with Crippen LogP contribution in [0.5, 0.6) is 17.2 Å². The van der Waals surface area contributed by atoms with Gasteiger partial charge in [-0.05, 0) is 54.8 Å². The van der Waals surface area contributed by atoms with Crippen LogP contribution in [0.1, 0.15) is 12.0 Å². The molecule has 0 saturated heterocycles. The van der Waals surface area contributed by atoms with Crippen LogP contribution in [0.2, 0.25) is 0 Å². The van der Waals surface area contributed by atoms with E-state index in [1.54, 1.807) is 36.4 Å². The maximum Gasteiger partial charge on any atom is 0.200 e. The molecule has 0 unspecified atom stereocenters. The third-order valence-corrected chi connectivity index (χ3v) is 5.61.